The first-order chi connectivity index (χ1) is 14.3. The molecule has 7 nitrogen and oxygen atoms in total. The minimum absolute atomic E-state index is 0.00204. The molecule has 0 aliphatic rings. The van der Waals surface area contributed by atoms with Gasteiger partial charge in [0.2, 0.25) is 5.91 Å². The zero-order valence-corrected chi connectivity index (χ0v) is 16.5. The number of aromatic nitrogens is 2. The predicted molar refractivity (Wildman–Crippen MR) is 102 cm³/mol. The monoisotopic (exact) mass is 424 g/mol. The van der Waals surface area contributed by atoms with Crippen molar-refractivity contribution in [1.29, 1.82) is 0 Å². The number of nitrogens with one attached hydrogen (secondary N) is 1. The third kappa shape index (κ3) is 7.43. The molecule has 0 spiro atoms. The van der Waals surface area contributed by atoms with Gasteiger partial charge in [0.15, 0.2) is 0 Å². The maximum absolute atomic E-state index is 12.8. The molecule has 1 aromatic heterocycles. The van der Waals surface area contributed by atoms with Gasteiger partial charge in [-0.1, -0.05) is 12.1 Å². The molecule has 0 fully saturated rings. The molecule has 2 amide bonds. The van der Waals surface area contributed by atoms with E-state index < -0.39 is 11.7 Å². The summed E-state index contributed by atoms with van der Waals surface area (Å²) >= 11 is 0. The topological polar surface area (TPSA) is 84.4 Å². The van der Waals surface area contributed by atoms with E-state index in [1.54, 1.807) is 7.11 Å². The van der Waals surface area contributed by atoms with Crippen molar-refractivity contribution < 1.29 is 27.5 Å². The van der Waals surface area contributed by atoms with Crippen molar-refractivity contribution in [1.82, 2.24) is 20.2 Å². The van der Waals surface area contributed by atoms with Crippen LogP contribution in [0.1, 0.15) is 34.5 Å². The lowest BCUT2D eigenvalue weighted by Gasteiger charge is -2.22. The molecule has 0 unspecified atom stereocenters. The van der Waals surface area contributed by atoms with E-state index in [1.165, 1.54) is 35.6 Å². The molecule has 0 radical (unpaired) electrons. The van der Waals surface area contributed by atoms with Crippen molar-refractivity contribution in [3.05, 3.63) is 59.7 Å². The fourth-order valence-corrected chi connectivity index (χ4v) is 2.67. The summed E-state index contributed by atoms with van der Waals surface area (Å²) < 4.78 is 43.3. The Kier molecular flexibility index (Phi) is 8.72. The number of carbonyl (C=O) groups excluding carboxylic acids is 2. The van der Waals surface area contributed by atoms with Crippen molar-refractivity contribution in [2.24, 2.45) is 0 Å². The van der Waals surface area contributed by atoms with E-state index in [0.29, 0.717) is 25.1 Å². The third-order valence-electron chi connectivity index (χ3n) is 4.20. The number of benzene rings is 1. The normalized spacial score (nSPS) is 11.2. The van der Waals surface area contributed by atoms with Crippen LogP contribution in [0.15, 0.2) is 42.9 Å². The summed E-state index contributed by atoms with van der Waals surface area (Å²) in [7, 11) is 1.55. The number of methoxy groups -OCH3 is 1. The van der Waals surface area contributed by atoms with Gasteiger partial charge >= 0.3 is 6.18 Å². The van der Waals surface area contributed by atoms with Crippen molar-refractivity contribution >= 4 is 11.8 Å². The second kappa shape index (κ2) is 11.2. The molecule has 0 bridgehead atoms. The first-order valence-electron chi connectivity index (χ1n) is 9.28. The smallest absolute Gasteiger partial charge is 0.385 e. The number of rotatable bonds is 10. The van der Waals surface area contributed by atoms with E-state index in [9.17, 15) is 22.8 Å². The van der Waals surface area contributed by atoms with Gasteiger partial charge in [-0.15, -0.1) is 0 Å². The molecule has 1 heterocycles. The average molecular weight is 424 g/mol. The van der Waals surface area contributed by atoms with Gasteiger partial charge < -0.3 is 15.0 Å². The quantitative estimate of drug-likeness (QED) is 0.593. The first-order valence-corrected chi connectivity index (χ1v) is 9.28. The maximum Gasteiger partial charge on any atom is 0.416 e. The van der Waals surface area contributed by atoms with Crippen LogP contribution in [0.5, 0.6) is 0 Å². The molecule has 30 heavy (non-hydrogen) atoms. The highest BCUT2D eigenvalue weighted by molar-refractivity contribution is 5.92. The van der Waals surface area contributed by atoms with Gasteiger partial charge in [-0.25, -0.2) is 4.98 Å². The van der Waals surface area contributed by atoms with E-state index in [-0.39, 0.29) is 37.0 Å². The van der Waals surface area contributed by atoms with Gasteiger partial charge in [0.1, 0.15) is 5.69 Å². The van der Waals surface area contributed by atoms with E-state index in [0.717, 1.165) is 12.1 Å². The molecule has 1 aromatic carbocycles. The van der Waals surface area contributed by atoms with Crippen LogP contribution in [0.2, 0.25) is 0 Å². The third-order valence-corrected chi connectivity index (χ3v) is 4.20. The van der Waals surface area contributed by atoms with Crippen LogP contribution in [-0.4, -0.2) is 53.5 Å². The lowest BCUT2D eigenvalue weighted by molar-refractivity contribution is -0.137. The molecule has 0 saturated carbocycles. The van der Waals surface area contributed by atoms with Crippen LogP contribution in [0, 0.1) is 0 Å². The Morgan fingerprint density at radius 3 is 2.67 bits per heavy atom. The summed E-state index contributed by atoms with van der Waals surface area (Å²) in [6.07, 6.45) is 0.338. The molecule has 10 heteroatoms. The Hall–Kier alpha value is -3.01. The second-order valence-corrected chi connectivity index (χ2v) is 6.45. The fraction of sp³-hybridized carbons (Fsp3) is 0.400. The number of hydrogen-bond donors (Lipinski definition) is 1. The molecule has 0 aliphatic carbocycles. The van der Waals surface area contributed by atoms with Gasteiger partial charge in [0.25, 0.3) is 5.91 Å². The van der Waals surface area contributed by atoms with Crippen molar-refractivity contribution in [3.63, 3.8) is 0 Å². The summed E-state index contributed by atoms with van der Waals surface area (Å²) in [5.41, 5.74) is -0.266. The SMILES string of the molecule is COCCCN(CCC(=O)NCc1cccc(C(F)(F)F)c1)C(=O)c1cnccn1. The van der Waals surface area contributed by atoms with Crippen LogP contribution in [-0.2, 0) is 22.3 Å². The predicted octanol–water partition coefficient (Wildman–Crippen LogP) is 2.68. The summed E-state index contributed by atoms with van der Waals surface area (Å²) in [4.78, 5) is 34.1. The lowest BCUT2D eigenvalue weighted by Crippen LogP contribution is -2.36. The number of nitrogens with zero attached hydrogens (tertiary/aromatic N) is 3. The highest BCUT2D eigenvalue weighted by Crippen LogP contribution is 2.29. The Morgan fingerprint density at radius 2 is 2.00 bits per heavy atom. The molecule has 162 valence electrons. The summed E-state index contributed by atoms with van der Waals surface area (Å²) in [5, 5.41) is 2.58. The molecule has 1 N–H and O–H groups in total. The summed E-state index contributed by atoms with van der Waals surface area (Å²) in [6, 6.07) is 4.77. The van der Waals surface area contributed by atoms with E-state index in [2.05, 4.69) is 15.3 Å². The minimum atomic E-state index is -4.44. The van der Waals surface area contributed by atoms with Crippen LogP contribution in [0.3, 0.4) is 0 Å². The summed E-state index contributed by atoms with van der Waals surface area (Å²) in [5.74, 6) is -0.735. The zero-order chi connectivity index (χ0) is 22.0. The highest BCUT2D eigenvalue weighted by Gasteiger charge is 2.30. The Morgan fingerprint density at radius 1 is 1.20 bits per heavy atom. The number of alkyl halides is 3. The molecule has 0 saturated heterocycles. The standard InChI is InChI=1S/C20H23F3N4O3/c1-30-11-3-9-27(19(29)17-14-24-7-8-25-17)10-6-18(28)26-13-15-4-2-5-16(12-15)20(21,22)23/h2,4-5,7-8,12,14H,3,6,9-11,13H2,1H3,(H,26,28). The Balaban J connectivity index is 1.91. The average Bonchev–Trinajstić information content (AvgIpc) is 2.74. The molecular formula is C20H23F3N4O3. The van der Waals surface area contributed by atoms with Crippen LogP contribution < -0.4 is 5.32 Å². The van der Waals surface area contributed by atoms with Gasteiger partial charge in [-0.05, 0) is 24.1 Å². The number of ether oxygens (including phenoxy) is 1. The van der Waals surface area contributed by atoms with Crippen LogP contribution >= 0.6 is 0 Å². The van der Waals surface area contributed by atoms with E-state index >= 15 is 0 Å². The van der Waals surface area contributed by atoms with Crippen LogP contribution in [0.4, 0.5) is 13.2 Å². The fourth-order valence-electron chi connectivity index (χ4n) is 2.67. The van der Waals surface area contributed by atoms with Crippen molar-refractivity contribution in [3.8, 4) is 0 Å². The Labute approximate surface area is 172 Å². The molecule has 0 aliphatic heterocycles. The van der Waals surface area contributed by atoms with Gasteiger partial charge in [0, 0.05) is 52.2 Å². The Bertz CT molecular complexity index is 832. The lowest BCUT2D eigenvalue weighted by atomic mass is 10.1. The number of amides is 2. The van der Waals surface area contributed by atoms with Crippen molar-refractivity contribution in [2.45, 2.75) is 25.6 Å². The zero-order valence-electron chi connectivity index (χ0n) is 16.5. The number of halogens is 3. The van der Waals surface area contributed by atoms with Gasteiger partial charge in [0.05, 0.1) is 11.8 Å². The molecule has 0 atom stereocenters. The minimum Gasteiger partial charge on any atom is -0.385 e. The van der Waals surface area contributed by atoms with Gasteiger partial charge in [-0.3, -0.25) is 14.6 Å². The number of hydrogen-bond acceptors (Lipinski definition) is 5. The second-order valence-electron chi connectivity index (χ2n) is 6.45. The number of carbonyl (C=O) groups is 2. The first kappa shape index (κ1) is 23.3. The highest BCUT2D eigenvalue weighted by atomic mass is 19.4. The van der Waals surface area contributed by atoms with Gasteiger partial charge in [-0.2, -0.15) is 13.2 Å². The maximum atomic E-state index is 12.8. The molecule has 2 rings (SSSR count). The largest absolute Gasteiger partial charge is 0.416 e. The molecule has 2 aromatic rings. The van der Waals surface area contributed by atoms with E-state index in [1.807, 2.05) is 0 Å². The summed E-state index contributed by atoms with van der Waals surface area (Å²) in [6.45, 7) is 0.911. The molecular weight excluding hydrogens is 401 g/mol. The van der Waals surface area contributed by atoms with Crippen molar-refractivity contribution in [2.75, 3.05) is 26.8 Å². The van der Waals surface area contributed by atoms with Crippen LogP contribution in [0.25, 0.3) is 0 Å². The van der Waals surface area contributed by atoms with E-state index in [4.69, 9.17) is 4.74 Å².